The van der Waals surface area contributed by atoms with Gasteiger partial charge in [0.1, 0.15) is 6.04 Å². The van der Waals surface area contributed by atoms with Crippen LogP contribution >= 0.6 is 0 Å². The Balaban J connectivity index is 1.50. The minimum Gasteiger partial charge on any atom is -0.459 e. The lowest BCUT2D eigenvalue weighted by molar-refractivity contribution is -0.144. The number of furan rings is 1. The molecule has 0 saturated carbocycles. The van der Waals surface area contributed by atoms with E-state index >= 15 is 0 Å². The third-order valence-electron chi connectivity index (χ3n) is 4.88. The Bertz CT molecular complexity index is 1200. The molecule has 0 aliphatic heterocycles. The van der Waals surface area contributed by atoms with Gasteiger partial charge in [0.25, 0.3) is 5.91 Å². The van der Waals surface area contributed by atoms with Gasteiger partial charge in [0.15, 0.2) is 18.2 Å². The average molecular weight is 416 g/mol. The van der Waals surface area contributed by atoms with Gasteiger partial charge in [-0.05, 0) is 23.8 Å². The predicted octanol–water partition coefficient (Wildman–Crippen LogP) is 3.53. The number of esters is 1. The summed E-state index contributed by atoms with van der Waals surface area (Å²) in [6, 6.07) is 18.3. The summed E-state index contributed by atoms with van der Waals surface area (Å²) in [4.78, 5) is 40.7. The molecule has 4 aromatic rings. The number of aromatic amines is 1. The van der Waals surface area contributed by atoms with Gasteiger partial charge >= 0.3 is 5.97 Å². The van der Waals surface area contributed by atoms with Crippen LogP contribution in [0.1, 0.15) is 26.5 Å². The van der Waals surface area contributed by atoms with Gasteiger partial charge in [-0.1, -0.05) is 48.5 Å². The molecular weight excluding hydrogens is 396 g/mol. The Kier molecular flexibility index (Phi) is 5.93. The maximum Gasteiger partial charge on any atom is 0.329 e. The first-order chi connectivity index (χ1) is 15.1. The van der Waals surface area contributed by atoms with Crippen molar-refractivity contribution in [2.24, 2.45) is 0 Å². The number of ketones is 1. The second-order valence-electron chi connectivity index (χ2n) is 6.96. The largest absolute Gasteiger partial charge is 0.459 e. The number of amides is 1. The van der Waals surface area contributed by atoms with E-state index in [-0.39, 0.29) is 18.0 Å². The number of hydrogen-bond donors (Lipinski definition) is 2. The van der Waals surface area contributed by atoms with Gasteiger partial charge in [0, 0.05) is 29.1 Å². The molecule has 1 unspecified atom stereocenters. The zero-order valence-electron chi connectivity index (χ0n) is 16.5. The number of carbonyl (C=O) groups excluding carboxylic acids is 3. The lowest BCUT2D eigenvalue weighted by Gasteiger charge is -2.17. The van der Waals surface area contributed by atoms with Crippen molar-refractivity contribution in [2.75, 3.05) is 6.61 Å². The van der Waals surface area contributed by atoms with E-state index in [1.54, 1.807) is 42.6 Å². The maximum absolute atomic E-state index is 12.8. The SMILES string of the molecule is O=C(COC(=O)C(Cc1c[nH]c2ccccc12)NC(=O)c1ccco1)c1ccccc1. The minimum atomic E-state index is -1.000. The first kappa shape index (κ1) is 20.2. The van der Waals surface area contributed by atoms with Crippen LogP contribution in [0.5, 0.6) is 0 Å². The first-order valence-electron chi connectivity index (χ1n) is 9.76. The third-order valence-corrected chi connectivity index (χ3v) is 4.88. The third kappa shape index (κ3) is 4.72. The Labute approximate surface area is 178 Å². The molecule has 4 rings (SSSR count). The predicted molar refractivity (Wildman–Crippen MR) is 114 cm³/mol. The molecule has 1 atom stereocenters. The number of rotatable bonds is 8. The molecule has 0 bridgehead atoms. The maximum atomic E-state index is 12.8. The summed E-state index contributed by atoms with van der Waals surface area (Å²) in [5, 5.41) is 3.59. The fraction of sp³-hybridized carbons (Fsp3) is 0.125. The zero-order valence-corrected chi connectivity index (χ0v) is 16.5. The van der Waals surface area contributed by atoms with Gasteiger partial charge in [-0.15, -0.1) is 0 Å². The van der Waals surface area contributed by atoms with Crippen LogP contribution in [0.25, 0.3) is 10.9 Å². The van der Waals surface area contributed by atoms with Crippen molar-refractivity contribution in [3.05, 3.63) is 96.1 Å². The number of Topliss-reactive ketones (excluding diaryl/α,β-unsaturated/α-hetero) is 1. The van der Waals surface area contributed by atoms with Crippen LogP contribution < -0.4 is 5.32 Å². The molecule has 31 heavy (non-hydrogen) atoms. The van der Waals surface area contributed by atoms with Crippen LogP contribution in [0.4, 0.5) is 0 Å². The summed E-state index contributed by atoms with van der Waals surface area (Å²) in [7, 11) is 0. The highest BCUT2D eigenvalue weighted by Gasteiger charge is 2.26. The van der Waals surface area contributed by atoms with Crippen molar-refractivity contribution in [3.63, 3.8) is 0 Å². The van der Waals surface area contributed by atoms with Crippen LogP contribution in [0, 0.1) is 0 Å². The van der Waals surface area contributed by atoms with Gasteiger partial charge in [-0.25, -0.2) is 4.79 Å². The van der Waals surface area contributed by atoms with E-state index in [0.29, 0.717) is 5.56 Å². The van der Waals surface area contributed by atoms with Crippen molar-refractivity contribution in [1.29, 1.82) is 0 Å². The highest BCUT2D eigenvalue weighted by molar-refractivity contribution is 5.99. The monoisotopic (exact) mass is 416 g/mol. The van der Waals surface area contributed by atoms with Crippen LogP contribution in [-0.2, 0) is 16.0 Å². The number of nitrogens with one attached hydrogen (secondary N) is 2. The molecule has 156 valence electrons. The van der Waals surface area contributed by atoms with E-state index in [2.05, 4.69) is 10.3 Å². The van der Waals surface area contributed by atoms with E-state index < -0.39 is 24.5 Å². The van der Waals surface area contributed by atoms with Crippen LogP contribution in [0.15, 0.2) is 83.6 Å². The minimum absolute atomic E-state index is 0.0806. The van der Waals surface area contributed by atoms with Crippen LogP contribution in [-0.4, -0.2) is 35.3 Å². The average Bonchev–Trinajstić information content (AvgIpc) is 3.48. The van der Waals surface area contributed by atoms with E-state index in [1.165, 1.54) is 12.3 Å². The number of carbonyl (C=O) groups is 3. The summed E-state index contributed by atoms with van der Waals surface area (Å²) in [6.45, 7) is -0.413. The highest BCUT2D eigenvalue weighted by Crippen LogP contribution is 2.19. The zero-order chi connectivity index (χ0) is 21.6. The number of hydrogen-bond acceptors (Lipinski definition) is 5. The van der Waals surface area contributed by atoms with E-state index in [4.69, 9.17) is 9.15 Å². The molecule has 2 aromatic carbocycles. The highest BCUT2D eigenvalue weighted by atomic mass is 16.5. The first-order valence-corrected chi connectivity index (χ1v) is 9.76. The van der Waals surface area contributed by atoms with Crippen molar-refractivity contribution < 1.29 is 23.5 Å². The molecule has 0 saturated heterocycles. The molecule has 0 aliphatic carbocycles. The normalized spacial score (nSPS) is 11.7. The molecule has 0 fully saturated rings. The molecular formula is C24H20N2O5. The lowest BCUT2D eigenvalue weighted by Crippen LogP contribution is -2.43. The van der Waals surface area contributed by atoms with E-state index in [9.17, 15) is 14.4 Å². The van der Waals surface area contributed by atoms with E-state index in [1.807, 2.05) is 24.3 Å². The fourth-order valence-corrected chi connectivity index (χ4v) is 3.30. The molecule has 0 aliphatic rings. The molecule has 7 nitrogen and oxygen atoms in total. The summed E-state index contributed by atoms with van der Waals surface area (Å²) in [6.07, 6.45) is 3.36. The quantitative estimate of drug-likeness (QED) is 0.338. The van der Waals surface area contributed by atoms with Crippen molar-refractivity contribution in [2.45, 2.75) is 12.5 Å². The smallest absolute Gasteiger partial charge is 0.329 e. The summed E-state index contributed by atoms with van der Waals surface area (Å²) >= 11 is 0. The molecule has 0 radical (unpaired) electrons. The molecule has 2 heterocycles. The van der Waals surface area contributed by atoms with Crippen LogP contribution in [0.3, 0.4) is 0 Å². The number of aromatic nitrogens is 1. The van der Waals surface area contributed by atoms with Crippen molar-refractivity contribution >= 4 is 28.6 Å². The number of para-hydroxylation sites is 1. The van der Waals surface area contributed by atoms with Crippen molar-refractivity contribution in [3.8, 4) is 0 Å². The molecule has 2 aromatic heterocycles. The number of H-pyrrole nitrogens is 1. The second-order valence-corrected chi connectivity index (χ2v) is 6.96. The topological polar surface area (TPSA) is 101 Å². The van der Waals surface area contributed by atoms with E-state index in [0.717, 1.165) is 16.5 Å². The number of ether oxygens (including phenoxy) is 1. The summed E-state index contributed by atoms with van der Waals surface area (Å²) in [5.41, 5.74) is 2.20. The lowest BCUT2D eigenvalue weighted by atomic mass is 10.0. The second kappa shape index (κ2) is 9.13. The molecule has 1 amide bonds. The van der Waals surface area contributed by atoms with Crippen molar-refractivity contribution in [1.82, 2.24) is 10.3 Å². The van der Waals surface area contributed by atoms with Crippen LogP contribution in [0.2, 0.25) is 0 Å². The Hall–Kier alpha value is -4.13. The molecule has 7 heteroatoms. The summed E-state index contributed by atoms with van der Waals surface area (Å²) < 4.78 is 10.4. The van der Waals surface area contributed by atoms with Gasteiger partial charge in [0.05, 0.1) is 6.26 Å². The Morgan fingerprint density at radius 2 is 1.74 bits per heavy atom. The fourth-order valence-electron chi connectivity index (χ4n) is 3.30. The summed E-state index contributed by atoms with van der Waals surface area (Å²) in [5.74, 6) is -1.48. The Morgan fingerprint density at radius 3 is 2.52 bits per heavy atom. The van der Waals surface area contributed by atoms with Gasteiger partial charge in [-0.2, -0.15) is 0 Å². The standard InChI is InChI=1S/C24H20N2O5/c27-21(16-7-2-1-3-8-16)15-31-24(29)20(26-23(28)22-11-6-12-30-22)13-17-14-25-19-10-5-4-9-18(17)19/h1-12,14,20,25H,13,15H2,(H,26,28). The Morgan fingerprint density at radius 1 is 0.968 bits per heavy atom. The van der Waals surface area contributed by atoms with Gasteiger partial charge in [-0.3, -0.25) is 9.59 Å². The van der Waals surface area contributed by atoms with Gasteiger partial charge in [0.2, 0.25) is 0 Å². The van der Waals surface area contributed by atoms with Gasteiger partial charge < -0.3 is 19.5 Å². The molecule has 2 N–H and O–H groups in total. The number of fused-ring (bicyclic) bond motifs is 1. The molecule has 0 spiro atoms. The number of benzene rings is 2.